The summed E-state index contributed by atoms with van der Waals surface area (Å²) in [4.78, 5) is 16.2. The summed E-state index contributed by atoms with van der Waals surface area (Å²) in [6.07, 6.45) is 2.49. The predicted molar refractivity (Wildman–Crippen MR) is 89.3 cm³/mol. The number of rotatable bonds is 6. The Labute approximate surface area is 138 Å². The maximum absolute atomic E-state index is 10.7. The smallest absolute Gasteiger partial charge is 0.341 e. The van der Waals surface area contributed by atoms with E-state index in [0.717, 1.165) is 17.0 Å². The highest BCUT2D eigenvalue weighted by molar-refractivity contribution is 7.12. The van der Waals surface area contributed by atoms with Gasteiger partial charge in [-0.2, -0.15) is 5.26 Å². The molecule has 0 atom stereocenters. The van der Waals surface area contributed by atoms with Crippen LogP contribution in [0.2, 0.25) is 0 Å². The van der Waals surface area contributed by atoms with Gasteiger partial charge >= 0.3 is 5.97 Å². The van der Waals surface area contributed by atoms with Gasteiger partial charge < -0.3 is 9.84 Å². The van der Waals surface area contributed by atoms with Crippen molar-refractivity contribution in [2.45, 2.75) is 20.3 Å². The van der Waals surface area contributed by atoms with Crippen LogP contribution in [-0.2, 0) is 11.2 Å². The number of hydrogen-bond acceptors (Lipinski definition) is 5. The average molecular weight is 328 g/mol. The standard InChI is InChI=1S/C17H16N2O3S/c1-3-14-11(2)23-17(19-14)13(9-18)8-12-6-4-5-7-15(12)22-10-16(20)21/h4-8H,3,10H2,1-2H3,(H,20,21). The molecule has 0 amide bonds. The second-order valence-electron chi connectivity index (χ2n) is 4.77. The number of aliphatic carboxylic acids is 1. The number of hydrogen-bond donors (Lipinski definition) is 1. The van der Waals surface area contributed by atoms with Gasteiger partial charge in [-0.25, -0.2) is 9.78 Å². The van der Waals surface area contributed by atoms with E-state index in [9.17, 15) is 10.1 Å². The lowest BCUT2D eigenvalue weighted by Gasteiger charge is -2.07. The number of benzene rings is 1. The fraction of sp³-hybridized carbons (Fsp3) is 0.235. The summed E-state index contributed by atoms with van der Waals surface area (Å²) in [5.74, 6) is -0.626. The van der Waals surface area contributed by atoms with E-state index in [4.69, 9.17) is 9.84 Å². The summed E-state index contributed by atoms with van der Waals surface area (Å²) >= 11 is 1.48. The van der Waals surface area contributed by atoms with E-state index in [1.54, 1.807) is 30.3 Å². The molecule has 0 aliphatic rings. The van der Waals surface area contributed by atoms with Gasteiger partial charge in [-0.15, -0.1) is 11.3 Å². The van der Waals surface area contributed by atoms with Gasteiger partial charge in [0.2, 0.25) is 0 Å². The Morgan fingerprint density at radius 1 is 1.48 bits per heavy atom. The molecule has 0 aliphatic heterocycles. The first-order valence-electron chi connectivity index (χ1n) is 7.07. The van der Waals surface area contributed by atoms with Crippen molar-refractivity contribution in [2.24, 2.45) is 0 Å². The van der Waals surface area contributed by atoms with Crippen LogP contribution in [0.1, 0.15) is 28.1 Å². The number of nitriles is 1. The molecule has 118 valence electrons. The van der Waals surface area contributed by atoms with Gasteiger partial charge in [0.15, 0.2) is 6.61 Å². The third-order valence-electron chi connectivity index (χ3n) is 3.15. The van der Waals surface area contributed by atoms with Gasteiger partial charge in [-0.3, -0.25) is 0 Å². The highest BCUT2D eigenvalue weighted by atomic mass is 32.1. The van der Waals surface area contributed by atoms with Crippen LogP contribution in [0.3, 0.4) is 0 Å². The number of ether oxygens (including phenoxy) is 1. The van der Waals surface area contributed by atoms with Crippen molar-refractivity contribution in [3.8, 4) is 11.8 Å². The van der Waals surface area contributed by atoms with Gasteiger partial charge in [-0.05, 0) is 25.5 Å². The molecule has 23 heavy (non-hydrogen) atoms. The Balaban J connectivity index is 2.38. The van der Waals surface area contributed by atoms with E-state index in [1.165, 1.54) is 11.3 Å². The molecule has 0 aliphatic carbocycles. The normalized spacial score (nSPS) is 11.1. The van der Waals surface area contributed by atoms with Gasteiger partial charge in [0, 0.05) is 10.4 Å². The Bertz CT molecular complexity index is 787. The minimum Gasteiger partial charge on any atom is -0.481 e. The molecule has 5 nitrogen and oxygen atoms in total. The highest BCUT2D eigenvalue weighted by Gasteiger charge is 2.12. The summed E-state index contributed by atoms with van der Waals surface area (Å²) in [6, 6.07) is 9.17. The van der Waals surface area contributed by atoms with Crippen LogP contribution in [0.25, 0.3) is 11.6 Å². The largest absolute Gasteiger partial charge is 0.481 e. The Hall–Kier alpha value is -2.65. The third kappa shape index (κ3) is 4.18. The van der Waals surface area contributed by atoms with Crippen molar-refractivity contribution in [1.82, 2.24) is 4.98 Å². The Kier molecular flexibility index (Phi) is 5.50. The van der Waals surface area contributed by atoms with Crippen molar-refractivity contribution in [3.05, 3.63) is 45.4 Å². The molecular weight excluding hydrogens is 312 g/mol. The van der Waals surface area contributed by atoms with Gasteiger partial charge in [0.1, 0.15) is 16.8 Å². The topological polar surface area (TPSA) is 83.2 Å². The van der Waals surface area contributed by atoms with Crippen molar-refractivity contribution in [2.75, 3.05) is 6.61 Å². The summed E-state index contributed by atoms with van der Waals surface area (Å²) < 4.78 is 5.26. The zero-order valence-corrected chi connectivity index (χ0v) is 13.7. The van der Waals surface area contributed by atoms with E-state index in [-0.39, 0.29) is 0 Å². The molecule has 0 unspecified atom stereocenters. The van der Waals surface area contributed by atoms with E-state index in [2.05, 4.69) is 11.1 Å². The van der Waals surface area contributed by atoms with Crippen LogP contribution >= 0.6 is 11.3 Å². The molecule has 2 rings (SSSR count). The third-order valence-corrected chi connectivity index (χ3v) is 4.19. The van der Waals surface area contributed by atoms with E-state index >= 15 is 0 Å². The quantitative estimate of drug-likeness (QED) is 0.820. The van der Waals surface area contributed by atoms with Crippen molar-refractivity contribution >= 4 is 29.0 Å². The summed E-state index contributed by atoms with van der Waals surface area (Å²) in [5.41, 5.74) is 2.07. The first-order chi connectivity index (χ1) is 11.0. The number of carboxylic acids is 1. The zero-order chi connectivity index (χ0) is 16.8. The lowest BCUT2D eigenvalue weighted by molar-refractivity contribution is -0.139. The second-order valence-corrected chi connectivity index (χ2v) is 5.97. The monoisotopic (exact) mass is 328 g/mol. The fourth-order valence-electron chi connectivity index (χ4n) is 2.04. The molecular formula is C17H16N2O3S. The molecule has 0 saturated carbocycles. The van der Waals surface area contributed by atoms with Crippen LogP contribution in [0.15, 0.2) is 24.3 Å². The van der Waals surface area contributed by atoms with E-state index in [0.29, 0.717) is 21.9 Å². The maximum Gasteiger partial charge on any atom is 0.341 e. The van der Waals surface area contributed by atoms with Crippen LogP contribution in [0.5, 0.6) is 5.75 Å². The van der Waals surface area contributed by atoms with Crippen LogP contribution in [-0.4, -0.2) is 22.7 Å². The summed E-state index contributed by atoms with van der Waals surface area (Å²) in [5, 5.41) is 18.8. The number of carbonyl (C=O) groups is 1. The Morgan fingerprint density at radius 3 is 2.83 bits per heavy atom. The van der Waals surface area contributed by atoms with Crippen molar-refractivity contribution < 1.29 is 14.6 Å². The Morgan fingerprint density at radius 2 is 2.22 bits per heavy atom. The van der Waals surface area contributed by atoms with Crippen LogP contribution in [0.4, 0.5) is 0 Å². The molecule has 1 heterocycles. The van der Waals surface area contributed by atoms with Gasteiger partial charge in [-0.1, -0.05) is 25.1 Å². The van der Waals surface area contributed by atoms with Crippen molar-refractivity contribution in [3.63, 3.8) is 0 Å². The summed E-state index contributed by atoms with van der Waals surface area (Å²) in [6.45, 7) is 3.58. The van der Waals surface area contributed by atoms with Crippen LogP contribution < -0.4 is 4.74 Å². The SMILES string of the molecule is CCc1nc(C(C#N)=Cc2ccccc2OCC(=O)O)sc1C. The minimum absolute atomic E-state index is 0.423. The van der Waals surface area contributed by atoms with Gasteiger partial charge in [0.05, 0.1) is 11.3 Å². The molecule has 0 radical (unpaired) electrons. The number of thiazole rings is 1. The zero-order valence-electron chi connectivity index (χ0n) is 12.9. The van der Waals surface area contributed by atoms with E-state index in [1.807, 2.05) is 13.8 Å². The summed E-state index contributed by atoms with van der Waals surface area (Å²) in [7, 11) is 0. The molecule has 0 spiro atoms. The molecule has 0 saturated heterocycles. The lowest BCUT2D eigenvalue weighted by atomic mass is 10.1. The number of aromatic nitrogens is 1. The first-order valence-corrected chi connectivity index (χ1v) is 7.89. The van der Waals surface area contributed by atoms with E-state index < -0.39 is 12.6 Å². The number of aryl methyl sites for hydroxylation is 2. The molecule has 0 bridgehead atoms. The predicted octanol–water partition coefficient (Wildman–Crippen LogP) is 3.54. The lowest BCUT2D eigenvalue weighted by Crippen LogP contribution is -2.09. The maximum atomic E-state index is 10.7. The molecule has 6 heteroatoms. The molecule has 1 N–H and O–H groups in total. The van der Waals surface area contributed by atoms with Crippen molar-refractivity contribution in [1.29, 1.82) is 5.26 Å². The minimum atomic E-state index is -1.05. The number of para-hydroxylation sites is 1. The number of carboxylic acid groups (broad SMARTS) is 1. The second kappa shape index (κ2) is 7.56. The average Bonchev–Trinajstić information content (AvgIpc) is 2.92. The van der Waals surface area contributed by atoms with Crippen LogP contribution in [0, 0.1) is 18.3 Å². The molecule has 1 aromatic carbocycles. The molecule has 2 aromatic rings. The number of nitrogens with zero attached hydrogens (tertiary/aromatic N) is 2. The van der Waals surface area contributed by atoms with Gasteiger partial charge in [0.25, 0.3) is 0 Å². The first kappa shape index (κ1) is 16.7. The fourth-order valence-corrected chi connectivity index (χ4v) is 3.01. The number of allylic oxidation sites excluding steroid dienone is 1. The highest BCUT2D eigenvalue weighted by Crippen LogP contribution is 2.28. The molecule has 0 fully saturated rings. The molecule has 1 aromatic heterocycles.